The third kappa shape index (κ3) is 2.18. The summed E-state index contributed by atoms with van der Waals surface area (Å²) in [6, 6.07) is 3.03. The van der Waals surface area contributed by atoms with Crippen molar-refractivity contribution in [1.29, 1.82) is 0 Å². The standard InChI is InChI=1S/C11H12ClNO4S/c1-2-18(16,17)10-4-8-6-13(11(14)15)5-7(8)3-9(10)12/h3-4H,2,5-6H2,1H3,(H,14,15). The van der Waals surface area contributed by atoms with Crippen molar-refractivity contribution in [1.82, 2.24) is 4.90 Å². The predicted molar refractivity (Wildman–Crippen MR) is 66.5 cm³/mol. The second-order valence-electron chi connectivity index (χ2n) is 4.09. The quantitative estimate of drug-likeness (QED) is 0.905. The minimum Gasteiger partial charge on any atom is -0.465 e. The van der Waals surface area contributed by atoms with Crippen molar-refractivity contribution >= 4 is 27.5 Å². The number of hydrogen-bond acceptors (Lipinski definition) is 3. The molecule has 0 aliphatic carbocycles. The summed E-state index contributed by atoms with van der Waals surface area (Å²) >= 11 is 5.95. The third-order valence-corrected chi connectivity index (χ3v) is 5.15. The molecule has 18 heavy (non-hydrogen) atoms. The Bertz CT molecular complexity index is 612. The van der Waals surface area contributed by atoms with E-state index in [1.807, 2.05) is 0 Å². The largest absolute Gasteiger partial charge is 0.465 e. The number of rotatable bonds is 2. The highest BCUT2D eigenvalue weighted by Crippen LogP contribution is 2.31. The number of fused-ring (bicyclic) bond motifs is 1. The Hall–Kier alpha value is -1.27. The fourth-order valence-corrected chi connectivity index (χ4v) is 3.46. The number of sulfone groups is 1. The van der Waals surface area contributed by atoms with Gasteiger partial charge in [0.15, 0.2) is 9.84 Å². The van der Waals surface area contributed by atoms with Gasteiger partial charge in [-0.05, 0) is 23.3 Å². The summed E-state index contributed by atoms with van der Waals surface area (Å²) in [5.74, 6) is -0.0336. The van der Waals surface area contributed by atoms with E-state index in [-0.39, 0.29) is 28.8 Å². The molecule has 1 heterocycles. The van der Waals surface area contributed by atoms with Gasteiger partial charge < -0.3 is 5.11 Å². The fraction of sp³-hybridized carbons (Fsp3) is 0.364. The molecular weight excluding hydrogens is 278 g/mol. The summed E-state index contributed by atoms with van der Waals surface area (Å²) in [6.45, 7) is 1.99. The first-order valence-corrected chi connectivity index (χ1v) is 7.40. The summed E-state index contributed by atoms with van der Waals surface area (Å²) in [7, 11) is -3.39. The summed E-state index contributed by atoms with van der Waals surface area (Å²) in [5.41, 5.74) is 1.46. The molecule has 0 bridgehead atoms. The Labute approximate surface area is 110 Å². The van der Waals surface area contributed by atoms with Crippen LogP contribution in [0, 0.1) is 0 Å². The number of benzene rings is 1. The van der Waals surface area contributed by atoms with Crippen LogP contribution in [0.3, 0.4) is 0 Å². The number of hydrogen-bond donors (Lipinski definition) is 1. The first-order valence-electron chi connectivity index (χ1n) is 5.37. The molecule has 1 aliphatic rings. The molecule has 1 aliphatic heterocycles. The molecule has 1 aromatic rings. The van der Waals surface area contributed by atoms with Crippen molar-refractivity contribution in [2.75, 3.05) is 5.75 Å². The molecule has 0 radical (unpaired) electrons. The van der Waals surface area contributed by atoms with Gasteiger partial charge in [-0.2, -0.15) is 0 Å². The molecule has 2 rings (SSSR count). The number of amides is 1. The van der Waals surface area contributed by atoms with Gasteiger partial charge in [0.1, 0.15) is 0 Å². The molecule has 0 fully saturated rings. The monoisotopic (exact) mass is 289 g/mol. The highest BCUT2D eigenvalue weighted by Gasteiger charge is 2.26. The number of carbonyl (C=O) groups is 1. The van der Waals surface area contributed by atoms with Crippen LogP contribution in [0.2, 0.25) is 5.02 Å². The lowest BCUT2D eigenvalue weighted by Crippen LogP contribution is -2.22. The van der Waals surface area contributed by atoms with E-state index in [0.29, 0.717) is 5.56 Å². The molecule has 0 unspecified atom stereocenters. The van der Waals surface area contributed by atoms with Gasteiger partial charge in [0.2, 0.25) is 0 Å². The molecule has 1 amide bonds. The van der Waals surface area contributed by atoms with Crippen molar-refractivity contribution in [3.8, 4) is 0 Å². The predicted octanol–water partition coefficient (Wildman–Crippen LogP) is 2.13. The normalized spacial score (nSPS) is 14.7. The lowest BCUT2D eigenvalue weighted by Gasteiger charge is -2.08. The van der Waals surface area contributed by atoms with E-state index in [2.05, 4.69) is 0 Å². The molecule has 5 nitrogen and oxygen atoms in total. The lowest BCUT2D eigenvalue weighted by molar-refractivity contribution is 0.145. The molecule has 0 spiro atoms. The average molecular weight is 290 g/mol. The van der Waals surface area contributed by atoms with Crippen LogP contribution >= 0.6 is 11.6 Å². The molecule has 7 heteroatoms. The molecule has 0 saturated carbocycles. The van der Waals surface area contributed by atoms with Crippen LogP contribution in [-0.2, 0) is 22.9 Å². The van der Waals surface area contributed by atoms with Crippen LogP contribution < -0.4 is 0 Å². The highest BCUT2D eigenvalue weighted by molar-refractivity contribution is 7.91. The van der Waals surface area contributed by atoms with E-state index in [1.54, 1.807) is 13.0 Å². The maximum atomic E-state index is 11.8. The van der Waals surface area contributed by atoms with Gasteiger partial charge in [-0.3, -0.25) is 4.90 Å². The summed E-state index contributed by atoms with van der Waals surface area (Å²) in [5, 5.41) is 9.06. The van der Waals surface area contributed by atoms with E-state index >= 15 is 0 Å². The van der Waals surface area contributed by atoms with E-state index < -0.39 is 15.9 Å². The van der Waals surface area contributed by atoms with E-state index in [0.717, 1.165) is 5.56 Å². The van der Waals surface area contributed by atoms with Gasteiger partial charge in [0.05, 0.1) is 15.7 Å². The Morgan fingerprint density at radius 2 is 1.94 bits per heavy atom. The number of nitrogens with zero attached hydrogens (tertiary/aromatic N) is 1. The maximum Gasteiger partial charge on any atom is 0.407 e. The summed E-state index contributed by atoms with van der Waals surface area (Å²) in [4.78, 5) is 12.2. The van der Waals surface area contributed by atoms with Crippen molar-refractivity contribution in [2.45, 2.75) is 24.9 Å². The molecule has 0 atom stereocenters. The maximum absolute atomic E-state index is 11.8. The van der Waals surface area contributed by atoms with E-state index in [4.69, 9.17) is 16.7 Å². The molecule has 98 valence electrons. The Balaban J connectivity index is 2.47. The van der Waals surface area contributed by atoms with Crippen LogP contribution in [0.1, 0.15) is 18.1 Å². The third-order valence-electron chi connectivity index (χ3n) is 2.96. The van der Waals surface area contributed by atoms with Crippen molar-refractivity contribution in [3.05, 3.63) is 28.3 Å². The van der Waals surface area contributed by atoms with Crippen molar-refractivity contribution in [3.63, 3.8) is 0 Å². The molecule has 0 aromatic heterocycles. The highest BCUT2D eigenvalue weighted by atomic mass is 35.5. The molecular formula is C11H12ClNO4S. The topological polar surface area (TPSA) is 74.7 Å². The van der Waals surface area contributed by atoms with Gasteiger partial charge in [0, 0.05) is 13.1 Å². The zero-order valence-electron chi connectivity index (χ0n) is 9.68. The minimum atomic E-state index is -3.39. The van der Waals surface area contributed by atoms with Gasteiger partial charge in [0.25, 0.3) is 0 Å². The second kappa shape index (κ2) is 4.44. The van der Waals surface area contributed by atoms with Crippen molar-refractivity contribution < 1.29 is 18.3 Å². The zero-order chi connectivity index (χ0) is 13.5. The lowest BCUT2D eigenvalue weighted by atomic mass is 10.1. The number of carboxylic acid groups (broad SMARTS) is 1. The first-order chi connectivity index (χ1) is 8.35. The molecule has 0 saturated heterocycles. The summed E-state index contributed by atoms with van der Waals surface area (Å²) in [6.07, 6.45) is -1.03. The zero-order valence-corrected chi connectivity index (χ0v) is 11.3. The average Bonchev–Trinajstić information content (AvgIpc) is 2.70. The Kier molecular flexibility index (Phi) is 3.25. The van der Waals surface area contributed by atoms with Gasteiger partial charge in [-0.1, -0.05) is 18.5 Å². The number of halogens is 1. The first kappa shape index (κ1) is 13.2. The van der Waals surface area contributed by atoms with Gasteiger partial charge >= 0.3 is 6.09 Å². The molecule has 1 aromatic carbocycles. The van der Waals surface area contributed by atoms with Crippen LogP contribution in [0.25, 0.3) is 0 Å². The van der Waals surface area contributed by atoms with Gasteiger partial charge in [-0.25, -0.2) is 13.2 Å². The minimum absolute atomic E-state index is 0.0336. The van der Waals surface area contributed by atoms with E-state index in [1.165, 1.54) is 11.0 Å². The van der Waals surface area contributed by atoms with Gasteiger partial charge in [-0.15, -0.1) is 0 Å². The Morgan fingerprint density at radius 1 is 1.39 bits per heavy atom. The smallest absolute Gasteiger partial charge is 0.407 e. The summed E-state index contributed by atoms with van der Waals surface area (Å²) < 4.78 is 23.6. The second-order valence-corrected chi connectivity index (χ2v) is 6.75. The van der Waals surface area contributed by atoms with Crippen LogP contribution in [0.5, 0.6) is 0 Å². The van der Waals surface area contributed by atoms with Crippen LogP contribution in [0.4, 0.5) is 4.79 Å². The van der Waals surface area contributed by atoms with E-state index in [9.17, 15) is 13.2 Å². The van der Waals surface area contributed by atoms with Crippen LogP contribution in [0.15, 0.2) is 17.0 Å². The Morgan fingerprint density at radius 3 is 2.44 bits per heavy atom. The van der Waals surface area contributed by atoms with Crippen molar-refractivity contribution in [2.24, 2.45) is 0 Å². The van der Waals surface area contributed by atoms with Crippen LogP contribution in [-0.4, -0.2) is 30.3 Å². The fourth-order valence-electron chi connectivity index (χ4n) is 1.93. The molecule has 1 N–H and O–H groups in total. The SMILES string of the molecule is CCS(=O)(=O)c1cc2c(cc1Cl)CN(C(=O)O)C2.